The van der Waals surface area contributed by atoms with Gasteiger partial charge < -0.3 is 5.73 Å². The molecule has 0 radical (unpaired) electrons. The second-order valence-electron chi connectivity index (χ2n) is 4.52. The molecule has 0 saturated heterocycles. The van der Waals surface area contributed by atoms with Crippen molar-refractivity contribution in [3.63, 3.8) is 0 Å². The fourth-order valence-electron chi connectivity index (χ4n) is 1.84. The highest BCUT2D eigenvalue weighted by molar-refractivity contribution is 5.85. The number of halogens is 5. The monoisotopic (exact) mass is 283 g/mol. The minimum absolute atomic E-state index is 0. The normalized spacial score (nSPS) is 17.2. The Labute approximate surface area is 109 Å². The van der Waals surface area contributed by atoms with Crippen LogP contribution < -0.4 is 5.73 Å². The summed E-state index contributed by atoms with van der Waals surface area (Å²) in [6.45, 7) is 0. The van der Waals surface area contributed by atoms with E-state index in [2.05, 4.69) is 0 Å². The quantitative estimate of drug-likeness (QED) is 0.832. The zero-order valence-corrected chi connectivity index (χ0v) is 10.3. The third-order valence-electron chi connectivity index (χ3n) is 3.01. The molecule has 0 heterocycles. The standard InChI is InChI=1S/C12H13F4N.ClH/c13-10-4-3-8(12(14,15)16)6-9(10)11(17)5-7-1-2-7;/h3-4,6-7,11H,1-2,5,17H2;1H/t11-;/m0./s1. The molecule has 1 aromatic carbocycles. The Morgan fingerprint density at radius 1 is 1.28 bits per heavy atom. The van der Waals surface area contributed by atoms with Gasteiger partial charge in [0.25, 0.3) is 0 Å². The van der Waals surface area contributed by atoms with Crippen LogP contribution in [0.5, 0.6) is 0 Å². The average molecular weight is 284 g/mol. The van der Waals surface area contributed by atoms with Crippen LogP contribution in [0.15, 0.2) is 18.2 Å². The summed E-state index contributed by atoms with van der Waals surface area (Å²) in [5.74, 6) is -0.218. The summed E-state index contributed by atoms with van der Waals surface area (Å²) in [7, 11) is 0. The van der Waals surface area contributed by atoms with E-state index in [1.807, 2.05) is 0 Å². The van der Waals surface area contributed by atoms with Gasteiger partial charge in [-0.2, -0.15) is 13.2 Å². The molecular formula is C12H14ClF4N. The van der Waals surface area contributed by atoms with E-state index in [9.17, 15) is 17.6 Å². The molecule has 2 N–H and O–H groups in total. The second-order valence-corrected chi connectivity index (χ2v) is 4.52. The SMILES string of the molecule is Cl.N[C@@H](CC1CC1)c1cc(C(F)(F)F)ccc1F. The van der Waals surface area contributed by atoms with Gasteiger partial charge in [-0.3, -0.25) is 0 Å². The Balaban J connectivity index is 0.00000162. The summed E-state index contributed by atoms with van der Waals surface area (Å²) >= 11 is 0. The van der Waals surface area contributed by atoms with Crippen molar-refractivity contribution in [1.82, 2.24) is 0 Å². The molecule has 1 aliphatic rings. The number of rotatable bonds is 3. The molecule has 1 aromatic rings. The maximum atomic E-state index is 13.4. The van der Waals surface area contributed by atoms with Crippen LogP contribution in [0, 0.1) is 11.7 Å². The van der Waals surface area contributed by atoms with Gasteiger partial charge in [-0.15, -0.1) is 12.4 Å². The van der Waals surface area contributed by atoms with Gasteiger partial charge in [0.15, 0.2) is 0 Å². The largest absolute Gasteiger partial charge is 0.416 e. The molecule has 102 valence electrons. The molecular weight excluding hydrogens is 270 g/mol. The first-order chi connectivity index (χ1) is 7.88. The van der Waals surface area contributed by atoms with Gasteiger partial charge in [-0.05, 0) is 30.5 Å². The molecule has 1 aliphatic carbocycles. The smallest absolute Gasteiger partial charge is 0.324 e. The van der Waals surface area contributed by atoms with E-state index in [4.69, 9.17) is 5.73 Å². The Hall–Kier alpha value is -0.810. The van der Waals surface area contributed by atoms with E-state index in [1.54, 1.807) is 0 Å². The summed E-state index contributed by atoms with van der Waals surface area (Å²) < 4.78 is 50.9. The van der Waals surface area contributed by atoms with Gasteiger partial charge in [0.2, 0.25) is 0 Å². The first-order valence-corrected chi connectivity index (χ1v) is 5.50. The minimum Gasteiger partial charge on any atom is -0.324 e. The van der Waals surface area contributed by atoms with E-state index < -0.39 is 23.6 Å². The lowest BCUT2D eigenvalue weighted by Gasteiger charge is -2.15. The van der Waals surface area contributed by atoms with Gasteiger partial charge in [0, 0.05) is 11.6 Å². The maximum absolute atomic E-state index is 13.4. The van der Waals surface area contributed by atoms with Gasteiger partial charge in [-0.25, -0.2) is 4.39 Å². The summed E-state index contributed by atoms with van der Waals surface area (Å²) in [5.41, 5.74) is 4.86. The molecule has 1 fully saturated rings. The lowest BCUT2D eigenvalue weighted by Crippen LogP contribution is -2.15. The van der Waals surface area contributed by atoms with Gasteiger partial charge >= 0.3 is 6.18 Å². The summed E-state index contributed by atoms with van der Waals surface area (Å²) in [5, 5.41) is 0. The Morgan fingerprint density at radius 3 is 2.39 bits per heavy atom. The molecule has 6 heteroatoms. The van der Waals surface area contributed by atoms with Crippen molar-refractivity contribution in [2.24, 2.45) is 11.7 Å². The van der Waals surface area contributed by atoms with E-state index in [1.165, 1.54) is 0 Å². The van der Waals surface area contributed by atoms with Crippen molar-refractivity contribution in [3.8, 4) is 0 Å². The van der Waals surface area contributed by atoms with Crippen LogP contribution in [0.4, 0.5) is 17.6 Å². The molecule has 18 heavy (non-hydrogen) atoms. The van der Waals surface area contributed by atoms with E-state index >= 15 is 0 Å². The number of nitrogens with two attached hydrogens (primary N) is 1. The number of hydrogen-bond donors (Lipinski definition) is 1. The Kier molecular flexibility index (Phi) is 4.61. The van der Waals surface area contributed by atoms with Gasteiger partial charge in [-0.1, -0.05) is 12.8 Å². The second kappa shape index (κ2) is 5.45. The zero-order chi connectivity index (χ0) is 12.6. The van der Waals surface area contributed by atoms with Crippen LogP contribution in [0.2, 0.25) is 0 Å². The lowest BCUT2D eigenvalue weighted by molar-refractivity contribution is -0.137. The third kappa shape index (κ3) is 3.59. The van der Waals surface area contributed by atoms with Crippen molar-refractivity contribution >= 4 is 12.4 Å². The molecule has 0 unspecified atom stereocenters. The van der Waals surface area contributed by atoms with E-state index in [0.717, 1.165) is 31.0 Å². The molecule has 1 nitrogen and oxygen atoms in total. The van der Waals surface area contributed by atoms with E-state index in [0.29, 0.717) is 12.3 Å². The summed E-state index contributed by atoms with van der Waals surface area (Å²) in [4.78, 5) is 0. The highest BCUT2D eigenvalue weighted by Crippen LogP contribution is 2.38. The molecule has 0 spiro atoms. The topological polar surface area (TPSA) is 26.0 Å². The van der Waals surface area contributed by atoms with Crippen LogP contribution in [0.3, 0.4) is 0 Å². The predicted molar refractivity (Wildman–Crippen MR) is 62.9 cm³/mol. The van der Waals surface area contributed by atoms with Crippen LogP contribution in [-0.4, -0.2) is 0 Å². The summed E-state index contributed by atoms with van der Waals surface area (Å²) in [6.07, 6.45) is -1.83. The first kappa shape index (κ1) is 15.2. The zero-order valence-electron chi connectivity index (χ0n) is 9.51. The molecule has 1 atom stereocenters. The van der Waals surface area contributed by atoms with Gasteiger partial charge in [0.05, 0.1) is 5.56 Å². The predicted octanol–water partition coefficient (Wildman–Crippen LogP) is 4.07. The lowest BCUT2D eigenvalue weighted by atomic mass is 9.99. The van der Waals surface area contributed by atoms with Crippen molar-refractivity contribution in [2.75, 3.05) is 0 Å². The van der Waals surface area contributed by atoms with Crippen molar-refractivity contribution in [1.29, 1.82) is 0 Å². The maximum Gasteiger partial charge on any atom is 0.416 e. The van der Waals surface area contributed by atoms with Crippen LogP contribution >= 0.6 is 12.4 Å². The van der Waals surface area contributed by atoms with Crippen LogP contribution in [0.1, 0.15) is 36.4 Å². The molecule has 0 bridgehead atoms. The fraction of sp³-hybridized carbons (Fsp3) is 0.500. The van der Waals surface area contributed by atoms with Crippen molar-refractivity contribution in [2.45, 2.75) is 31.5 Å². The molecule has 2 rings (SSSR count). The van der Waals surface area contributed by atoms with Gasteiger partial charge in [0.1, 0.15) is 5.82 Å². The van der Waals surface area contributed by atoms with Crippen molar-refractivity contribution in [3.05, 3.63) is 35.1 Å². The number of alkyl halides is 3. The van der Waals surface area contributed by atoms with Crippen LogP contribution in [0.25, 0.3) is 0 Å². The third-order valence-corrected chi connectivity index (χ3v) is 3.01. The molecule has 0 aliphatic heterocycles. The molecule has 0 aromatic heterocycles. The average Bonchev–Trinajstić information content (AvgIpc) is 3.00. The number of benzene rings is 1. The molecule has 1 saturated carbocycles. The first-order valence-electron chi connectivity index (χ1n) is 5.50. The van der Waals surface area contributed by atoms with Crippen molar-refractivity contribution < 1.29 is 17.6 Å². The fourth-order valence-corrected chi connectivity index (χ4v) is 1.84. The Bertz CT molecular complexity index is 415. The Morgan fingerprint density at radius 2 is 1.89 bits per heavy atom. The molecule has 0 amide bonds. The number of hydrogen-bond acceptors (Lipinski definition) is 1. The highest BCUT2D eigenvalue weighted by atomic mass is 35.5. The summed E-state index contributed by atoms with van der Waals surface area (Å²) in [6, 6.07) is 1.75. The van der Waals surface area contributed by atoms with Crippen LogP contribution in [-0.2, 0) is 6.18 Å². The minimum atomic E-state index is -4.46. The highest BCUT2D eigenvalue weighted by Gasteiger charge is 2.32. The van der Waals surface area contributed by atoms with E-state index in [-0.39, 0.29) is 18.0 Å².